The van der Waals surface area contributed by atoms with Crippen LogP contribution < -0.4 is 0 Å². The third-order valence-corrected chi connectivity index (χ3v) is 6.29. The smallest absolute Gasteiger partial charge is 0.135 e. The molecule has 2 aliphatic rings. The number of rotatable bonds is 4. The Bertz CT molecular complexity index is 1330. The molecule has 35 heavy (non-hydrogen) atoms. The number of aryl methyl sites for hydroxylation is 1. The predicted octanol–water partition coefficient (Wildman–Crippen LogP) is 5.23. The largest absolute Gasteiger partial charge is 0.390 e. The van der Waals surface area contributed by atoms with E-state index in [1.54, 1.807) is 13.0 Å². The van der Waals surface area contributed by atoms with Crippen molar-refractivity contribution in [1.82, 2.24) is 24.7 Å². The molecule has 1 N–H and O–H groups in total. The maximum atomic E-state index is 13.9. The van der Waals surface area contributed by atoms with E-state index < -0.39 is 11.6 Å². The lowest BCUT2D eigenvalue weighted by atomic mass is 10.0. The minimum Gasteiger partial charge on any atom is -0.390 e. The molecular formula is C26H27F2N5O2. The van der Waals surface area contributed by atoms with E-state index in [9.17, 15) is 13.9 Å². The van der Waals surface area contributed by atoms with Crippen molar-refractivity contribution in [3.8, 4) is 11.3 Å². The van der Waals surface area contributed by atoms with E-state index in [1.807, 2.05) is 6.20 Å². The van der Waals surface area contributed by atoms with Crippen molar-refractivity contribution in [2.45, 2.75) is 57.8 Å². The Morgan fingerprint density at radius 1 is 1.11 bits per heavy atom. The molecule has 0 bridgehead atoms. The van der Waals surface area contributed by atoms with Crippen LogP contribution in [-0.2, 0) is 11.3 Å². The molecule has 4 heterocycles. The van der Waals surface area contributed by atoms with Crippen LogP contribution in [-0.4, -0.2) is 36.4 Å². The molecule has 2 fully saturated rings. The van der Waals surface area contributed by atoms with Crippen LogP contribution in [0.2, 0.25) is 0 Å². The molecule has 6 rings (SSSR count). The Morgan fingerprint density at radius 2 is 1.97 bits per heavy atom. The summed E-state index contributed by atoms with van der Waals surface area (Å²) in [6, 6.07) is 5.61. The van der Waals surface area contributed by atoms with Gasteiger partial charge < -0.3 is 9.84 Å². The van der Waals surface area contributed by atoms with E-state index in [2.05, 4.69) is 30.9 Å². The van der Waals surface area contributed by atoms with Crippen molar-refractivity contribution in [3.63, 3.8) is 0 Å². The summed E-state index contributed by atoms with van der Waals surface area (Å²) in [6.45, 7) is 2.38. The Hall–Kier alpha value is -3.30. The second kappa shape index (κ2) is 10.1. The number of aromatic nitrogens is 5. The molecule has 1 aliphatic carbocycles. The van der Waals surface area contributed by atoms with Crippen LogP contribution >= 0.6 is 0 Å². The Labute approximate surface area is 201 Å². The number of nitrogens with zero attached hydrogens (tertiary/aromatic N) is 5. The van der Waals surface area contributed by atoms with E-state index in [-0.39, 0.29) is 17.9 Å². The summed E-state index contributed by atoms with van der Waals surface area (Å²) in [5.74, 6) is -1.38. The van der Waals surface area contributed by atoms with Crippen LogP contribution in [0, 0.1) is 18.6 Å². The van der Waals surface area contributed by atoms with Gasteiger partial charge in [0.15, 0.2) is 0 Å². The van der Waals surface area contributed by atoms with Gasteiger partial charge in [0.05, 0.1) is 41.9 Å². The summed E-state index contributed by atoms with van der Waals surface area (Å²) in [5.41, 5.74) is 3.60. The maximum Gasteiger partial charge on any atom is 0.135 e. The molecule has 4 aromatic rings. The summed E-state index contributed by atoms with van der Waals surface area (Å²) >= 11 is 0. The second-order valence-corrected chi connectivity index (χ2v) is 8.91. The first-order valence-electron chi connectivity index (χ1n) is 11.9. The molecule has 1 saturated heterocycles. The Kier molecular flexibility index (Phi) is 6.79. The molecule has 1 aromatic carbocycles. The highest BCUT2D eigenvalue weighted by Crippen LogP contribution is 2.36. The van der Waals surface area contributed by atoms with E-state index in [0.717, 1.165) is 25.2 Å². The lowest BCUT2D eigenvalue weighted by Crippen LogP contribution is -2.10. The number of fused-ring (bicyclic) bond motifs is 1. The van der Waals surface area contributed by atoms with Crippen molar-refractivity contribution in [2.24, 2.45) is 0 Å². The van der Waals surface area contributed by atoms with Gasteiger partial charge in [-0.05, 0) is 57.2 Å². The first-order valence-corrected chi connectivity index (χ1v) is 11.9. The number of pyridine rings is 1. The zero-order valence-electron chi connectivity index (χ0n) is 19.5. The summed E-state index contributed by atoms with van der Waals surface area (Å²) in [5, 5.41) is 13.7. The van der Waals surface area contributed by atoms with Crippen molar-refractivity contribution >= 4 is 11.0 Å². The topological polar surface area (TPSA) is 86.0 Å². The van der Waals surface area contributed by atoms with E-state index in [4.69, 9.17) is 4.74 Å². The summed E-state index contributed by atoms with van der Waals surface area (Å²) in [4.78, 5) is 12.7. The first kappa shape index (κ1) is 23.4. The Balaban J connectivity index is 0.000000156. The average Bonchev–Trinajstić information content (AvgIpc) is 3.60. The van der Waals surface area contributed by atoms with E-state index in [1.165, 1.54) is 43.5 Å². The van der Waals surface area contributed by atoms with Crippen molar-refractivity contribution in [2.75, 3.05) is 6.61 Å². The summed E-state index contributed by atoms with van der Waals surface area (Å²) < 4.78 is 34.8. The summed E-state index contributed by atoms with van der Waals surface area (Å²) in [7, 11) is 0. The lowest BCUT2D eigenvalue weighted by Gasteiger charge is -2.21. The highest BCUT2D eigenvalue weighted by molar-refractivity contribution is 5.89. The van der Waals surface area contributed by atoms with Gasteiger partial charge in [0.1, 0.15) is 22.8 Å². The van der Waals surface area contributed by atoms with Crippen LogP contribution in [0.25, 0.3) is 22.3 Å². The molecule has 1 atom stereocenters. The fraction of sp³-hybridized carbons (Fsp3) is 0.385. The molecule has 9 heteroatoms. The van der Waals surface area contributed by atoms with Crippen LogP contribution in [0.4, 0.5) is 8.78 Å². The van der Waals surface area contributed by atoms with Crippen molar-refractivity contribution in [1.29, 1.82) is 0 Å². The second-order valence-electron chi connectivity index (χ2n) is 8.91. The van der Waals surface area contributed by atoms with Gasteiger partial charge in [-0.3, -0.25) is 9.67 Å². The number of hydrogen-bond donors (Lipinski definition) is 1. The molecule has 3 aromatic heterocycles. The Morgan fingerprint density at radius 3 is 2.69 bits per heavy atom. The zero-order chi connectivity index (χ0) is 24.4. The summed E-state index contributed by atoms with van der Waals surface area (Å²) in [6.07, 6.45) is 12.2. The number of aliphatic hydroxyl groups excluding tert-OH is 1. The molecule has 0 amide bonds. The third-order valence-electron chi connectivity index (χ3n) is 6.29. The standard InChI is InChI=1S/C15H11F2N3O.C11H16N2O/c1-8-13(7-21)20-15-12(19-8)4-5-18-14(15)10-3-2-9(16)6-11(10)17;1-2-6-14-11(3-1)9-7-12-13(8-9)10-4-5-10/h2-6,21H,7H2,1H3;7-8,10-11H,1-6H2. The number of halogens is 2. The molecule has 1 aliphatic heterocycles. The average molecular weight is 480 g/mol. The van der Waals surface area contributed by atoms with E-state index in [0.29, 0.717) is 34.6 Å². The van der Waals surface area contributed by atoms with Crippen molar-refractivity contribution in [3.05, 3.63) is 71.4 Å². The van der Waals surface area contributed by atoms with Gasteiger partial charge in [-0.1, -0.05) is 0 Å². The SMILES string of the molecule is Cc1nc2ccnc(-c3ccc(F)cc3F)c2nc1CO.c1nn(C2CC2)cc1C1CCCCO1. The monoisotopic (exact) mass is 479 g/mol. The number of benzene rings is 1. The minimum atomic E-state index is -0.720. The lowest BCUT2D eigenvalue weighted by molar-refractivity contribution is 0.0149. The van der Waals surface area contributed by atoms with E-state index >= 15 is 0 Å². The van der Waals surface area contributed by atoms with Gasteiger partial charge in [0.25, 0.3) is 0 Å². The number of aliphatic hydroxyl groups is 1. The molecule has 1 unspecified atom stereocenters. The maximum absolute atomic E-state index is 13.9. The predicted molar refractivity (Wildman–Crippen MR) is 126 cm³/mol. The molecule has 0 radical (unpaired) electrons. The molecule has 7 nitrogen and oxygen atoms in total. The van der Waals surface area contributed by atoms with Gasteiger partial charge in [-0.15, -0.1) is 0 Å². The molecular weight excluding hydrogens is 452 g/mol. The zero-order valence-corrected chi connectivity index (χ0v) is 19.5. The van der Waals surface area contributed by atoms with Gasteiger partial charge in [0, 0.05) is 36.2 Å². The third kappa shape index (κ3) is 5.21. The number of ether oxygens (including phenoxy) is 1. The van der Waals surface area contributed by atoms with Gasteiger partial charge in [-0.25, -0.2) is 18.7 Å². The normalized spacial score (nSPS) is 17.8. The van der Waals surface area contributed by atoms with Crippen LogP contribution in [0.1, 0.15) is 61.2 Å². The van der Waals surface area contributed by atoms with Crippen LogP contribution in [0.15, 0.2) is 42.9 Å². The fourth-order valence-corrected chi connectivity index (χ4v) is 4.20. The molecule has 182 valence electrons. The minimum absolute atomic E-state index is 0.143. The van der Waals surface area contributed by atoms with Crippen LogP contribution in [0.5, 0.6) is 0 Å². The van der Waals surface area contributed by atoms with Crippen molar-refractivity contribution < 1.29 is 18.6 Å². The van der Waals surface area contributed by atoms with Gasteiger partial charge >= 0.3 is 0 Å². The molecule has 1 saturated carbocycles. The first-order chi connectivity index (χ1) is 17.0. The fourth-order valence-electron chi connectivity index (χ4n) is 4.20. The highest BCUT2D eigenvalue weighted by atomic mass is 19.1. The van der Waals surface area contributed by atoms with Gasteiger partial charge in [0.2, 0.25) is 0 Å². The quantitative estimate of drug-likeness (QED) is 0.431. The van der Waals surface area contributed by atoms with Gasteiger partial charge in [-0.2, -0.15) is 5.10 Å². The highest BCUT2D eigenvalue weighted by Gasteiger charge is 2.26. The van der Waals surface area contributed by atoms with Crippen LogP contribution in [0.3, 0.4) is 0 Å². The number of hydrogen-bond acceptors (Lipinski definition) is 6. The molecule has 0 spiro atoms.